The molecule has 0 amide bonds. The van der Waals surface area contributed by atoms with Crippen molar-refractivity contribution < 1.29 is 4.74 Å². The van der Waals surface area contributed by atoms with Gasteiger partial charge in [-0.05, 0) is 42.5 Å². The molecule has 0 spiro atoms. The van der Waals surface area contributed by atoms with Crippen LogP contribution in [-0.2, 0) is 13.1 Å². The zero-order valence-corrected chi connectivity index (χ0v) is 14.1. The van der Waals surface area contributed by atoms with Crippen LogP contribution in [0.2, 0.25) is 0 Å². The third-order valence-electron chi connectivity index (χ3n) is 3.98. The molecule has 0 saturated heterocycles. The molecule has 24 heavy (non-hydrogen) atoms. The quantitative estimate of drug-likeness (QED) is 0.575. The number of nitrogens with one attached hydrogen (secondary N) is 2. The zero-order chi connectivity index (χ0) is 16.6. The van der Waals surface area contributed by atoms with Crippen LogP contribution in [0.1, 0.15) is 18.4 Å². The number of hydrogen-bond donors (Lipinski definition) is 2. The van der Waals surface area contributed by atoms with Crippen LogP contribution in [0.5, 0.6) is 5.88 Å². The normalized spacial score (nSPS) is 14.5. The van der Waals surface area contributed by atoms with Crippen molar-refractivity contribution in [3.63, 3.8) is 0 Å². The molecule has 0 unspecified atom stereocenters. The maximum absolute atomic E-state index is 5.72. The summed E-state index contributed by atoms with van der Waals surface area (Å²) in [6, 6.07) is 8.03. The van der Waals surface area contributed by atoms with E-state index in [4.69, 9.17) is 4.74 Å². The first-order valence-corrected chi connectivity index (χ1v) is 8.46. The van der Waals surface area contributed by atoms with Crippen LogP contribution < -0.4 is 15.4 Å². The van der Waals surface area contributed by atoms with Gasteiger partial charge in [-0.15, -0.1) is 0 Å². The molecular weight excluding hydrogens is 302 g/mol. The van der Waals surface area contributed by atoms with Crippen molar-refractivity contribution in [1.82, 2.24) is 20.2 Å². The molecule has 1 fully saturated rings. The molecule has 128 valence electrons. The van der Waals surface area contributed by atoms with E-state index in [-0.39, 0.29) is 0 Å². The van der Waals surface area contributed by atoms with Crippen molar-refractivity contribution in [2.45, 2.75) is 25.9 Å². The molecule has 6 heteroatoms. The Labute approximate surface area is 143 Å². The van der Waals surface area contributed by atoms with Crippen LogP contribution in [0, 0.1) is 5.92 Å². The third kappa shape index (κ3) is 5.30. The highest BCUT2D eigenvalue weighted by Gasteiger charge is 2.22. The summed E-state index contributed by atoms with van der Waals surface area (Å²) in [6.07, 6.45) is 8.47. The van der Waals surface area contributed by atoms with Crippen molar-refractivity contribution in [1.29, 1.82) is 0 Å². The Morgan fingerprint density at radius 2 is 2.17 bits per heavy atom. The van der Waals surface area contributed by atoms with E-state index in [9.17, 15) is 0 Å². The van der Waals surface area contributed by atoms with Gasteiger partial charge in [-0.25, -0.2) is 4.98 Å². The van der Waals surface area contributed by atoms with Gasteiger partial charge in [-0.1, -0.05) is 0 Å². The third-order valence-corrected chi connectivity index (χ3v) is 3.98. The molecule has 3 rings (SSSR count). The van der Waals surface area contributed by atoms with Crippen LogP contribution in [-0.4, -0.2) is 35.7 Å². The van der Waals surface area contributed by atoms with Crippen LogP contribution in [0.15, 0.2) is 47.8 Å². The minimum absolute atomic E-state index is 0.686. The van der Waals surface area contributed by atoms with Gasteiger partial charge in [-0.3, -0.25) is 4.99 Å². The molecule has 1 saturated carbocycles. The number of pyridine rings is 1. The number of guanidine groups is 1. The van der Waals surface area contributed by atoms with E-state index in [2.05, 4.69) is 37.6 Å². The van der Waals surface area contributed by atoms with Crippen molar-refractivity contribution in [3.8, 4) is 5.88 Å². The van der Waals surface area contributed by atoms with Gasteiger partial charge >= 0.3 is 0 Å². The Balaban J connectivity index is 1.41. The summed E-state index contributed by atoms with van der Waals surface area (Å²) in [5.41, 5.74) is 1.13. The highest BCUT2D eigenvalue weighted by atomic mass is 16.5. The zero-order valence-electron chi connectivity index (χ0n) is 14.1. The molecule has 1 aliphatic rings. The second-order valence-electron chi connectivity index (χ2n) is 6.03. The SMILES string of the molecule is CN=C(NCCn1cccc1)NCc1ccnc(OCC2CC2)c1. The number of aliphatic imine (C=N–C) groups is 1. The van der Waals surface area contributed by atoms with Crippen molar-refractivity contribution >= 4 is 5.96 Å². The minimum Gasteiger partial charge on any atom is -0.477 e. The maximum atomic E-state index is 5.72. The molecule has 0 aromatic carbocycles. The Hall–Kier alpha value is -2.50. The van der Waals surface area contributed by atoms with Gasteiger partial charge in [0.05, 0.1) is 6.61 Å². The summed E-state index contributed by atoms with van der Waals surface area (Å²) in [7, 11) is 1.78. The van der Waals surface area contributed by atoms with Crippen LogP contribution >= 0.6 is 0 Å². The molecule has 2 aromatic rings. The van der Waals surface area contributed by atoms with Gasteiger partial charge < -0.3 is 19.9 Å². The lowest BCUT2D eigenvalue weighted by Crippen LogP contribution is -2.38. The van der Waals surface area contributed by atoms with Crippen LogP contribution in [0.4, 0.5) is 0 Å². The van der Waals surface area contributed by atoms with Crippen molar-refractivity contribution in [2.24, 2.45) is 10.9 Å². The monoisotopic (exact) mass is 327 g/mol. The van der Waals surface area contributed by atoms with Gasteiger partial charge in [0.15, 0.2) is 5.96 Å². The molecular formula is C18H25N5O. The summed E-state index contributed by atoms with van der Waals surface area (Å²) in [4.78, 5) is 8.52. The van der Waals surface area contributed by atoms with Gasteiger partial charge in [0.2, 0.25) is 5.88 Å². The molecule has 6 nitrogen and oxygen atoms in total. The Morgan fingerprint density at radius 1 is 1.33 bits per heavy atom. The summed E-state index contributed by atoms with van der Waals surface area (Å²) >= 11 is 0. The fourth-order valence-corrected chi connectivity index (χ4v) is 2.36. The molecule has 1 aliphatic carbocycles. The molecule has 0 radical (unpaired) electrons. The molecule has 2 aromatic heterocycles. The van der Waals surface area contributed by atoms with E-state index in [1.54, 1.807) is 13.2 Å². The Bertz CT molecular complexity index is 649. The average molecular weight is 327 g/mol. The van der Waals surface area contributed by atoms with Gasteiger partial charge in [0.25, 0.3) is 0 Å². The van der Waals surface area contributed by atoms with E-state index in [1.807, 2.05) is 24.3 Å². The van der Waals surface area contributed by atoms with E-state index in [1.165, 1.54) is 12.8 Å². The molecule has 2 heterocycles. The van der Waals surface area contributed by atoms with E-state index in [0.717, 1.165) is 37.1 Å². The summed E-state index contributed by atoms with van der Waals surface area (Å²) in [5, 5.41) is 6.63. The lowest BCUT2D eigenvalue weighted by Gasteiger charge is -2.13. The molecule has 0 atom stereocenters. The minimum atomic E-state index is 0.686. The summed E-state index contributed by atoms with van der Waals surface area (Å²) < 4.78 is 7.85. The summed E-state index contributed by atoms with van der Waals surface area (Å²) in [6.45, 7) is 3.20. The number of ether oxygens (including phenoxy) is 1. The predicted octanol–water partition coefficient (Wildman–Crippen LogP) is 2.04. The Kier molecular flexibility index (Phi) is 5.71. The molecule has 0 aliphatic heterocycles. The first-order chi connectivity index (χ1) is 11.8. The van der Waals surface area contributed by atoms with Crippen molar-refractivity contribution in [3.05, 3.63) is 48.4 Å². The lowest BCUT2D eigenvalue weighted by atomic mass is 10.2. The first kappa shape index (κ1) is 16.4. The highest BCUT2D eigenvalue weighted by Crippen LogP contribution is 2.29. The van der Waals surface area contributed by atoms with Gasteiger partial charge in [0, 0.05) is 51.3 Å². The number of hydrogen-bond acceptors (Lipinski definition) is 3. The average Bonchev–Trinajstić information content (AvgIpc) is 3.30. The highest BCUT2D eigenvalue weighted by molar-refractivity contribution is 5.79. The van der Waals surface area contributed by atoms with E-state index >= 15 is 0 Å². The molecule has 0 bridgehead atoms. The van der Waals surface area contributed by atoms with Crippen LogP contribution in [0.25, 0.3) is 0 Å². The van der Waals surface area contributed by atoms with Gasteiger partial charge in [-0.2, -0.15) is 0 Å². The van der Waals surface area contributed by atoms with Crippen LogP contribution in [0.3, 0.4) is 0 Å². The fraction of sp³-hybridized carbons (Fsp3) is 0.444. The van der Waals surface area contributed by atoms with E-state index < -0.39 is 0 Å². The maximum Gasteiger partial charge on any atom is 0.213 e. The number of nitrogens with zero attached hydrogens (tertiary/aromatic N) is 3. The van der Waals surface area contributed by atoms with E-state index in [0.29, 0.717) is 12.4 Å². The predicted molar refractivity (Wildman–Crippen MR) is 95.1 cm³/mol. The first-order valence-electron chi connectivity index (χ1n) is 8.46. The fourth-order valence-electron chi connectivity index (χ4n) is 2.36. The second-order valence-corrected chi connectivity index (χ2v) is 6.03. The molecule has 2 N–H and O–H groups in total. The number of aromatic nitrogens is 2. The van der Waals surface area contributed by atoms with Gasteiger partial charge in [0.1, 0.15) is 0 Å². The van der Waals surface area contributed by atoms with Crippen molar-refractivity contribution in [2.75, 3.05) is 20.2 Å². The smallest absolute Gasteiger partial charge is 0.213 e. The largest absolute Gasteiger partial charge is 0.477 e. The standard InChI is InChI=1S/C18H25N5O/c1-19-18(21-8-11-23-9-2-3-10-23)22-13-16-6-7-20-17(12-16)24-14-15-4-5-15/h2-3,6-7,9-10,12,15H,4-5,8,11,13-14H2,1H3,(H2,19,21,22). The number of rotatable bonds is 8. The lowest BCUT2D eigenvalue weighted by molar-refractivity contribution is 0.288. The second kappa shape index (κ2) is 8.38. The summed E-state index contributed by atoms with van der Waals surface area (Å²) in [5.74, 6) is 2.23. The Morgan fingerprint density at radius 3 is 2.92 bits per heavy atom. The topological polar surface area (TPSA) is 63.5 Å².